The standard InChI is InChI=1S/C34H39N5O5/c1-22-6-4-7-28(30-8-5-9-31(36-30)37-34(43-3)29(19-35)33(40)38-41)32(22)44-21-23-10-11-25-20-39(17-16-24(25)18-23)26-12-14-27(42-2)15-13-26/h4-11,18-19,26-27,35H,12-17,20-21H2,1-3H3,(H,36,37)/b34-29-,35-19?. The van der Waals surface area contributed by atoms with Crippen LogP contribution in [0.5, 0.6) is 5.75 Å². The predicted molar refractivity (Wildman–Crippen MR) is 170 cm³/mol. The van der Waals surface area contributed by atoms with Crippen molar-refractivity contribution in [2.24, 2.45) is 5.18 Å². The van der Waals surface area contributed by atoms with E-state index in [1.54, 1.807) is 6.07 Å². The molecule has 10 nitrogen and oxygen atoms in total. The van der Waals surface area contributed by atoms with Gasteiger partial charge in [-0.1, -0.05) is 36.4 Å². The molecule has 0 bridgehead atoms. The fourth-order valence-electron chi connectivity index (χ4n) is 6.15. The Kier molecular flexibility index (Phi) is 10.1. The minimum atomic E-state index is -1.11. The molecule has 2 aromatic carbocycles. The van der Waals surface area contributed by atoms with Gasteiger partial charge < -0.3 is 24.9 Å². The van der Waals surface area contributed by atoms with Crippen LogP contribution in [0, 0.1) is 17.2 Å². The van der Waals surface area contributed by atoms with Crippen molar-refractivity contribution in [2.75, 3.05) is 26.1 Å². The van der Waals surface area contributed by atoms with Crippen molar-refractivity contribution in [3.8, 4) is 17.0 Å². The molecule has 2 heterocycles. The van der Waals surface area contributed by atoms with E-state index in [1.165, 1.54) is 31.1 Å². The number of ether oxygens (including phenoxy) is 3. The number of anilines is 1. The smallest absolute Gasteiger partial charge is 0.323 e. The molecule has 0 radical (unpaired) electrons. The highest BCUT2D eigenvalue weighted by Gasteiger charge is 2.28. The summed E-state index contributed by atoms with van der Waals surface area (Å²) < 4.78 is 17.2. The van der Waals surface area contributed by atoms with Gasteiger partial charge in [-0.25, -0.2) is 4.98 Å². The van der Waals surface area contributed by atoms with Crippen LogP contribution in [0.2, 0.25) is 0 Å². The van der Waals surface area contributed by atoms with Gasteiger partial charge in [0.15, 0.2) is 0 Å². The maximum Gasteiger partial charge on any atom is 0.323 e. The van der Waals surface area contributed by atoms with Crippen LogP contribution in [-0.2, 0) is 33.8 Å². The molecule has 3 aromatic rings. The zero-order valence-corrected chi connectivity index (χ0v) is 25.5. The van der Waals surface area contributed by atoms with Crippen molar-refractivity contribution in [1.29, 1.82) is 5.41 Å². The van der Waals surface area contributed by atoms with Gasteiger partial charge in [-0.15, -0.1) is 4.91 Å². The number of benzene rings is 2. The second-order valence-electron chi connectivity index (χ2n) is 11.3. The Morgan fingerprint density at radius 3 is 2.61 bits per heavy atom. The summed E-state index contributed by atoms with van der Waals surface area (Å²) in [5.41, 5.74) is 6.05. The van der Waals surface area contributed by atoms with Gasteiger partial charge in [0.2, 0.25) is 5.88 Å². The van der Waals surface area contributed by atoms with Gasteiger partial charge in [0.25, 0.3) is 0 Å². The van der Waals surface area contributed by atoms with Crippen LogP contribution in [-0.4, -0.2) is 54.9 Å². The highest BCUT2D eigenvalue weighted by Crippen LogP contribution is 2.34. The molecule has 1 aliphatic heterocycles. The van der Waals surface area contributed by atoms with Crippen molar-refractivity contribution >= 4 is 17.9 Å². The lowest BCUT2D eigenvalue weighted by Gasteiger charge is -2.39. The number of nitroso groups, excluding NO2 is 1. The van der Waals surface area contributed by atoms with Gasteiger partial charge in [0.05, 0.1) is 18.9 Å². The number of aryl methyl sites for hydroxylation is 1. The number of nitrogens with one attached hydrogen (secondary N) is 2. The van der Waals surface area contributed by atoms with Gasteiger partial charge in [-0.3, -0.25) is 9.69 Å². The second kappa shape index (κ2) is 14.4. The molecule has 2 N–H and O–H groups in total. The van der Waals surface area contributed by atoms with Crippen LogP contribution in [0.4, 0.5) is 5.82 Å². The molecule has 1 amide bonds. The van der Waals surface area contributed by atoms with Crippen LogP contribution in [0.25, 0.3) is 11.3 Å². The Morgan fingerprint density at radius 2 is 1.89 bits per heavy atom. The molecule has 230 valence electrons. The molecule has 1 saturated carbocycles. The SMILES string of the molecule is CO/C(Nc1cccc(-c2cccc(C)c2OCc2ccc3c(c2)CCN(C2CCC(OC)CC2)C3)n1)=C(/C=N)C(=O)N=O. The number of methoxy groups -OCH3 is 2. The molecule has 1 aliphatic carbocycles. The molecule has 10 heteroatoms. The number of carbonyl (C=O) groups is 1. The lowest BCUT2D eigenvalue weighted by Crippen LogP contribution is -2.42. The summed E-state index contributed by atoms with van der Waals surface area (Å²) in [6.07, 6.45) is 6.89. The van der Waals surface area contributed by atoms with E-state index < -0.39 is 5.91 Å². The third-order valence-corrected chi connectivity index (χ3v) is 8.57. The third kappa shape index (κ3) is 7.03. The number of rotatable bonds is 11. The van der Waals surface area contributed by atoms with Gasteiger partial charge in [0.1, 0.15) is 23.7 Å². The summed E-state index contributed by atoms with van der Waals surface area (Å²) >= 11 is 0. The van der Waals surface area contributed by atoms with Crippen molar-refractivity contribution in [3.63, 3.8) is 0 Å². The van der Waals surface area contributed by atoms with Gasteiger partial charge in [0, 0.05) is 43.2 Å². The maximum absolute atomic E-state index is 11.8. The highest BCUT2D eigenvalue weighted by molar-refractivity contribution is 6.12. The van der Waals surface area contributed by atoms with E-state index in [0.29, 0.717) is 30.3 Å². The molecule has 0 saturated heterocycles. The average molecular weight is 598 g/mol. The van der Waals surface area contributed by atoms with Crippen molar-refractivity contribution in [2.45, 2.75) is 64.3 Å². The number of amides is 1. The van der Waals surface area contributed by atoms with Crippen LogP contribution in [0.1, 0.15) is 47.9 Å². The first-order valence-electron chi connectivity index (χ1n) is 14.9. The fourth-order valence-corrected chi connectivity index (χ4v) is 6.15. The monoisotopic (exact) mass is 597 g/mol. The van der Waals surface area contributed by atoms with Crippen LogP contribution < -0.4 is 10.1 Å². The Bertz CT molecular complexity index is 1550. The quantitative estimate of drug-likeness (QED) is 0.116. The molecule has 1 aromatic heterocycles. The topological polar surface area (TPSA) is 126 Å². The molecular formula is C34H39N5O5. The Morgan fingerprint density at radius 1 is 1.09 bits per heavy atom. The molecule has 0 unspecified atom stereocenters. The second-order valence-corrected chi connectivity index (χ2v) is 11.3. The van der Waals surface area contributed by atoms with Gasteiger partial charge >= 0.3 is 5.91 Å². The summed E-state index contributed by atoms with van der Waals surface area (Å²) in [5.74, 6) is -0.112. The number of hydrogen-bond acceptors (Lipinski definition) is 9. The number of pyridine rings is 1. The molecule has 5 rings (SSSR count). The molecule has 1 fully saturated rings. The lowest BCUT2D eigenvalue weighted by atomic mass is 9.89. The minimum absolute atomic E-state index is 0.0935. The fraction of sp³-hybridized carbons (Fsp3) is 0.382. The molecular weight excluding hydrogens is 558 g/mol. The Balaban J connectivity index is 1.29. The zero-order valence-electron chi connectivity index (χ0n) is 25.5. The molecule has 0 spiro atoms. The summed E-state index contributed by atoms with van der Waals surface area (Å²) in [6, 6.07) is 18.6. The van der Waals surface area contributed by atoms with Crippen LogP contribution in [0.15, 0.2) is 71.2 Å². The minimum Gasteiger partial charge on any atom is -0.488 e. The zero-order chi connectivity index (χ0) is 31.1. The van der Waals surface area contributed by atoms with Crippen molar-refractivity contribution in [3.05, 3.63) is 93.2 Å². The van der Waals surface area contributed by atoms with Crippen LogP contribution in [0.3, 0.4) is 0 Å². The summed E-state index contributed by atoms with van der Waals surface area (Å²) in [7, 11) is 3.15. The van der Waals surface area contributed by atoms with E-state index in [-0.39, 0.29) is 11.5 Å². The third-order valence-electron chi connectivity index (χ3n) is 8.57. The highest BCUT2D eigenvalue weighted by atomic mass is 16.5. The van der Waals surface area contributed by atoms with Crippen LogP contribution >= 0.6 is 0 Å². The van der Waals surface area contributed by atoms with E-state index in [4.69, 9.17) is 19.6 Å². The van der Waals surface area contributed by atoms with E-state index in [9.17, 15) is 9.70 Å². The van der Waals surface area contributed by atoms with Crippen molar-refractivity contribution in [1.82, 2.24) is 9.88 Å². The number of carbonyl (C=O) groups excluding carboxylic acids is 1. The summed E-state index contributed by atoms with van der Waals surface area (Å²) in [5, 5.41) is 12.8. The van der Waals surface area contributed by atoms with Gasteiger partial charge in [-0.2, -0.15) is 0 Å². The number of nitrogens with zero attached hydrogens (tertiary/aromatic N) is 3. The number of hydrogen-bond donors (Lipinski definition) is 2. The lowest BCUT2D eigenvalue weighted by molar-refractivity contribution is -0.114. The number of aromatic nitrogens is 1. The Hall–Kier alpha value is -4.41. The first-order valence-corrected chi connectivity index (χ1v) is 14.9. The normalized spacial score (nSPS) is 18.9. The predicted octanol–water partition coefficient (Wildman–Crippen LogP) is 6.16. The number of fused-ring (bicyclic) bond motifs is 1. The van der Waals surface area contributed by atoms with Gasteiger partial charge in [-0.05, 0) is 79.5 Å². The average Bonchev–Trinajstić information content (AvgIpc) is 3.07. The van der Waals surface area contributed by atoms with E-state index >= 15 is 0 Å². The molecule has 2 aliphatic rings. The largest absolute Gasteiger partial charge is 0.488 e. The summed E-state index contributed by atoms with van der Waals surface area (Å²) in [6.45, 7) is 4.51. The van der Waals surface area contributed by atoms with E-state index in [1.807, 2.05) is 44.4 Å². The number of para-hydroxylation sites is 1. The Labute approximate surface area is 257 Å². The molecule has 44 heavy (non-hydrogen) atoms. The van der Waals surface area contributed by atoms with E-state index in [0.717, 1.165) is 61.0 Å². The van der Waals surface area contributed by atoms with E-state index in [2.05, 4.69) is 38.6 Å². The van der Waals surface area contributed by atoms with Crippen molar-refractivity contribution < 1.29 is 19.0 Å². The maximum atomic E-state index is 11.8. The first kappa shape index (κ1) is 31.0. The first-order chi connectivity index (χ1) is 21.4. The summed E-state index contributed by atoms with van der Waals surface area (Å²) in [4.78, 5) is 29.9. The molecule has 0 atom stereocenters.